The number of nitrogens with zero attached hydrogens (tertiary/aromatic N) is 1. The summed E-state index contributed by atoms with van der Waals surface area (Å²) in [6.45, 7) is 2.20. The van der Waals surface area contributed by atoms with Crippen LogP contribution in [0.2, 0.25) is 0 Å². The Hall–Kier alpha value is -1.19. The van der Waals surface area contributed by atoms with Crippen molar-refractivity contribution < 1.29 is 0 Å². The quantitative estimate of drug-likeness (QED) is 0.873. The highest BCUT2D eigenvalue weighted by atomic mass is 32.1. The van der Waals surface area contributed by atoms with Gasteiger partial charge in [-0.25, -0.2) is 0 Å². The largest absolute Gasteiger partial charge is 0.312 e. The van der Waals surface area contributed by atoms with Crippen LogP contribution in [-0.4, -0.2) is 12.0 Å². The van der Waals surface area contributed by atoms with E-state index in [4.69, 9.17) is 0 Å². The van der Waals surface area contributed by atoms with Gasteiger partial charge in [0.05, 0.1) is 0 Å². The first-order valence-corrected chi connectivity index (χ1v) is 6.34. The second-order valence-electron chi connectivity index (χ2n) is 3.69. The summed E-state index contributed by atoms with van der Waals surface area (Å²) in [7, 11) is 2.01. The zero-order chi connectivity index (χ0) is 11.4. The highest BCUT2D eigenvalue weighted by Gasteiger charge is 2.10. The smallest absolute Gasteiger partial charge is 0.0409 e. The summed E-state index contributed by atoms with van der Waals surface area (Å²) in [5.41, 5.74) is 1.20. The fourth-order valence-electron chi connectivity index (χ4n) is 1.75. The van der Waals surface area contributed by atoms with Gasteiger partial charge in [-0.05, 0) is 31.7 Å². The number of pyridine rings is 1. The minimum Gasteiger partial charge on any atom is -0.312 e. The van der Waals surface area contributed by atoms with E-state index in [1.54, 1.807) is 6.20 Å². The molecule has 2 aromatic rings. The molecule has 0 saturated carbocycles. The normalized spacial score (nSPS) is 12.6. The van der Waals surface area contributed by atoms with E-state index in [-0.39, 0.29) is 0 Å². The molecule has 1 atom stereocenters. The lowest BCUT2D eigenvalue weighted by atomic mass is 10.2. The van der Waals surface area contributed by atoms with Gasteiger partial charge in [-0.15, -0.1) is 11.3 Å². The molecule has 2 aromatic heterocycles. The van der Waals surface area contributed by atoms with Crippen LogP contribution in [0.3, 0.4) is 0 Å². The summed E-state index contributed by atoms with van der Waals surface area (Å²) in [5.74, 6) is 0. The summed E-state index contributed by atoms with van der Waals surface area (Å²) < 4.78 is 0. The highest BCUT2D eigenvalue weighted by molar-refractivity contribution is 7.15. The maximum atomic E-state index is 4.15. The molecule has 3 heteroatoms. The number of hydrogen-bond acceptors (Lipinski definition) is 3. The lowest BCUT2D eigenvalue weighted by Crippen LogP contribution is -2.13. The van der Waals surface area contributed by atoms with E-state index in [1.807, 2.05) is 30.6 Å². The number of rotatable bonds is 4. The minimum atomic E-state index is 0.468. The predicted octanol–water partition coefficient (Wildman–Crippen LogP) is 3.48. The number of hydrogen-bond donors (Lipinski definition) is 1. The Balaban J connectivity index is 2.26. The van der Waals surface area contributed by atoms with Crippen molar-refractivity contribution in [2.45, 2.75) is 19.4 Å². The second-order valence-corrected chi connectivity index (χ2v) is 4.81. The predicted molar refractivity (Wildman–Crippen MR) is 69.6 cm³/mol. The van der Waals surface area contributed by atoms with Gasteiger partial charge in [0.25, 0.3) is 0 Å². The van der Waals surface area contributed by atoms with E-state index in [0.717, 1.165) is 6.42 Å². The summed E-state index contributed by atoms with van der Waals surface area (Å²) in [6.07, 6.45) is 4.83. The van der Waals surface area contributed by atoms with E-state index >= 15 is 0 Å². The third-order valence-corrected chi connectivity index (χ3v) is 3.92. The lowest BCUT2D eigenvalue weighted by Gasteiger charge is -2.10. The maximum Gasteiger partial charge on any atom is 0.0409 e. The van der Waals surface area contributed by atoms with Gasteiger partial charge < -0.3 is 5.32 Å². The molecular formula is C13H16N2S. The Labute approximate surface area is 100 Å². The van der Waals surface area contributed by atoms with Crippen molar-refractivity contribution in [3.8, 4) is 10.4 Å². The van der Waals surface area contributed by atoms with Gasteiger partial charge in [0.1, 0.15) is 0 Å². The van der Waals surface area contributed by atoms with Gasteiger partial charge in [0, 0.05) is 33.8 Å². The summed E-state index contributed by atoms with van der Waals surface area (Å²) >= 11 is 1.84. The molecular weight excluding hydrogens is 216 g/mol. The molecule has 0 aliphatic carbocycles. The maximum absolute atomic E-state index is 4.15. The van der Waals surface area contributed by atoms with Gasteiger partial charge in [0.15, 0.2) is 0 Å². The van der Waals surface area contributed by atoms with Crippen LogP contribution < -0.4 is 5.32 Å². The van der Waals surface area contributed by atoms with Crippen LogP contribution >= 0.6 is 11.3 Å². The second kappa shape index (κ2) is 5.23. The van der Waals surface area contributed by atoms with Gasteiger partial charge in [-0.3, -0.25) is 4.98 Å². The first kappa shape index (κ1) is 11.3. The Morgan fingerprint density at radius 2 is 2.25 bits per heavy atom. The molecule has 0 radical (unpaired) electrons. The third kappa shape index (κ3) is 2.31. The average molecular weight is 232 g/mol. The van der Waals surface area contributed by atoms with Crippen LogP contribution in [0, 0.1) is 0 Å². The van der Waals surface area contributed by atoms with Crippen molar-refractivity contribution >= 4 is 11.3 Å². The van der Waals surface area contributed by atoms with E-state index in [0.29, 0.717) is 6.04 Å². The van der Waals surface area contributed by atoms with Gasteiger partial charge >= 0.3 is 0 Å². The molecule has 0 fully saturated rings. The Bertz CT molecular complexity index is 432. The molecule has 1 unspecified atom stereocenters. The number of nitrogens with one attached hydrogen (secondary N) is 1. The van der Waals surface area contributed by atoms with Gasteiger partial charge in [-0.2, -0.15) is 0 Å². The Morgan fingerprint density at radius 3 is 2.88 bits per heavy atom. The standard InChI is InChI=1S/C13H16N2S/c1-3-11(14-2)13-7-6-12(16-13)10-5-4-8-15-9-10/h4-9,11,14H,3H2,1-2H3. The molecule has 16 heavy (non-hydrogen) atoms. The zero-order valence-corrected chi connectivity index (χ0v) is 10.4. The third-order valence-electron chi connectivity index (χ3n) is 2.67. The lowest BCUT2D eigenvalue weighted by molar-refractivity contribution is 0.586. The summed E-state index contributed by atoms with van der Waals surface area (Å²) in [4.78, 5) is 6.83. The van der Waals surface area contributed by atoms with Crippen LogP contribution in [-0.2, 0) is 0 Å². The molecule has 84 valence electrons. The minimum absolute atomic E-state index is 0.468. The zero-order valence-electron chi connectivity index (χ0n) is 9.60. The topological polar surface area (TPSA) is 24.9 Å². The molecule has 2 heterocycles. The van der Waals surface area contributed by atoms with Gasteiger partial charge in [0.2, 0.25) is 0 Å². The highest BCUT2D eigenvalue weighted by Crippen LogP contribution is 2.31. The van der Waals surface area contributed by atoms with Gasteiger partial charge in [-0.1, -0.05) is 13.0 Å². The molecule has 0 amide bonds. The van der Waals surface area contributed by atoms with E-state index < -0.39 is 0 Å². The molecule has 0 aliphatic heterocycles. The first-order valence-electron chi connectivity index (χ1n) is 5.52. The molecule has 0 bridgehead atoms. The monoisotopic (exact) mass is 232 g/mol. The molecule has 2 rings (SSSR count). The average Bonchev–Trinajstić information content (AvgIpc) is 2.81. The van der Waals surface area contributed by atoms with Crippen molar-refractivity contribution in [3.05, 3.63) is 41.5 Å². The molecule has 2 nitrogen and oxygen atoms in total. The summed E-state index contributed by atoms with van der Waals surface area (Å²) in [6, 6.07) is 8.93. The van der Waals surface area contributed by atoms with Crippen LogP contribution in [0.15, 0.2) is 36.7 Å². The fraction of sp³-hybridized carbons (Fsp3) is 0.308. The molecule has 0 spiro atoms. The van der Waals surface area contributed by atoms with E-state index in [1.165, 1.54) is 15.3 Å². The fourth-order valence-corrected chi connectivity index (χ4v) is 2.94. The van der Waals surface area contributed by atoms with E-state index in [2.05, 4.69) is 35.4 Å². The van der Waals surface area contributed by atoms with Crippen LogP contribution in [0.25, 0.3) is 10.4 Å². The molecule has 0 aromatic carbocycles. The first-order chi connectivity index (χ1) is 7.85. The van der Waals surface area contributed by atoms with Crippen LogP contribution in [0.5, 0.6) is 0 Å². The number of aromatic nitrogens is 1. The molecule has 0 aliphatic rings. The van der Waals surface area contributed by atoms with Crippen molar-refractivity contribution in [1.29, 1.82) is 0 Å². The van der Waals surface area contributed by atoms with Crippen LogP contribution in [0.4, 0.5) is 0 Å². The van der Waals surface area contributed by atoms with Crippen LogP contribution in [0.1, 0.15) is 24.3 Å². The van der Waals surface area contributed by atoms with Crippen molar-refractivity contribution in [2.24, 2.45) is 0 Å². The van der Waals surface area contributed by atoms with Crippen molar-refractivity contribution in [3.63, 3.8) is 0 Å². The molecule has 1 N–H and O–H groups in total. The summed E-state index contributed by atoms with van der Waals surface area (Å²) in [5, 5.41) is 3.33. The number of thiophene rings is 1. The van der Waals surface area contributed by atoms with E-state index in [9.17, 15) is 0 Å². The van der Waals surface area contributed by atoms with Crippen molar-refractivity contribution in [1.82, 2.24) is 10.3 Å². The molecule has 0 saturated heterocycles. The van der Waals surface area contributed by atoms with Crippen molar-refractivity contribution in [2.75, 3.05) is 7.05 Å². The Morgan fingerprint density at radius 1 is 1.38 bits per heavy atom. The Kier molecular flexibility index (Phi) is 3.70. The SMILES string of the molecule is CCC(NC)c1ccc(-c2cccnc2)s1.